The van der Waals surface area contributed by atoms with Crippen molar-refractivity contribution in [3.05, 3.63) is 53.3 Å². The summed E-state index contributed by atoms with van der Waals surface area (Å²) in [5.74, 6) is -0.537. The van der Waals surface area contributed by atoms with Gasteiger partial charge >= 0.3 is 0 Å². The molecular formula is C19H24ClN5O3. The van der Waals surface area contributed by atoms with Crippen LogP contribution in [0.1, 0.15) is 33.0 Å². The number of β-amino-alcohol motifs (C(OH)–C–C–N with tert-alkyl or cyclic N) is 1. The number of aliphatic hydroxyl groups excluding tert-OH is 1. The van der Waals surface area contributed by atoms with Gasteiger partial charge in [0.2, 0.25) is 0 Å². The fraction of sp³-hybridized carbons (Fsp3) is 0.421. The van der Waals surface area contributed by atoms with Gasteiger partial charge in [-0.2, -0.15) is 5.10 Å². The number of piperidine rings is 1. The lowest BCUT2D eigenvalue weighted by Gasteiger charge is -2.42. The summed E-state index contributed by atoms with van der Waals surface area (Å²) in [7, 11) is 1.73. The summed E-state index contributed by atoms with van der Waals surface area (Å²) in [6.07, 6.45) is -0.221. The highest BCUT2D eigenvalue weighted by atomic mass is 35.5. The van der Waals surface area contributed by atoms with Crippen molar-refractivity contribution in [2.75, 3.05) is 26.7 Å². The predicted octanol–water partition coefficient (Wildman–Crippen LogP) is 0.370. The monoisotopic (exact) mass is 405 g/mol. The largest absolute Gasteiger partial charge is 0.389 e. The van der Waals surface area contributed by atoms with Crippen LogP contribution in [0.4, 0.5) is 0 Å². The van der Waals surface area contributed by atoms with Crippen LogP contribution < -0.4 is 10.6 Å². The van der Waals surface area contributed by atoms with Gasteiger partial charge in [0.25, 0.3) is 11.8 Å². The summed E-state index contributed by atoms with van der Waals surface area (Å²) in [5.41, 5.74) is 0.560. The zero-order valence-corrected chi connectivity index (χ0v) is 16.4. The van der Waals surface area contributed by atoms with Crippen molar-refractivity contribution >= 4 is 24.2 Å². The molecule has 3 heterocycles. The normalized spacial score (nSPS) is 24.3. The van der Waals surface area contributed by atoms with Crippen LogP contribution in [0.5, 0.6) is 0 Å². The van der Waals surface area contributed by atoms with Crippen LogP contribution in [-0.2, 0) is 12.1 Å². The minimum absolute atomic E-state index is 0. The average Bonchev–Trinajstić information content (AvgIpc) is 3.13. The number of rotatable bonds is 3. The fourth-order valence-electron chi connectivity index (χ4n) is 3.83. The van der Waals surface area contributed by atoms with Crippen LogP contribution in [0, 0.1) is 0 Å². The first kappa shape index (κ1) is 20.3. The molecule has 2 aliphatic rings. The van der Waals surface area contributed by atoms with Gasteiger partial charge in [0.05, 0.1) is 18.2 Å². The third kappa shape index (κ3) is 3.39. The summed E-state index contributed by atoms with van der Waals surface area (Å²) < 4.78 is 1.57. The van der Waals surface area contributed by atoms with Gasteiger partial charge in [0.15, 0.2) is 5.69 Å². The van der Waals surface area contributed by atoms with Crippen molar-refractivity contribution in [2.45, 2.75) is 24.6 Å². The number of benzene rings is 1. The third-order valence-electron chi connectivity index (χ3n) is 5.45. The smallest absolute Gasteiger partial charge is 0.272 e. The zero-order valence-electron chi connectivity index (χ0n) is 15.6. The summed E-state index contributed by atoms with van der Waals surface area (Å²) in [6, 6.07) is 11.0. The van der Waals surface area contributed by atoms with Crippen LogP contribution in [0.15, 0.2) is 36.4 Å². The fourth-order valence-corrected chi connectivity index (χ4v) is 3.83. The van der Waals surface area contributed by atoms with Crippen LogP contribution in [0.2, 0.25) is 0 Å². The Kier molecular flexibility index (Phi) is 5.74. The molecule has 8 nitrogen and oxygen atoms in total. The lowest BCUT2D eigenvalue weighted by atomic mass is 9.79. The van der Waals surface area contributed by atoms with Gasteiger partial charge in [-0.05, 0) is 18.5 Å². The Morgan fingerprint density at radius 3 is 2.79 bits per heavy atom. The van der Waals surface area contributed by atoms with Crippen molar-refractivity contribution < 1.29 is 14.7 Å². The van der Waals surface area contributed by atoms with E-state index in [1.54, 1.807) is 16.6 Å². The van der Waals surface area contributed by atoms with E-state index in [2.05, 4.69) is 15.7 Å². The van der Waals surface area contributed by atoms with Gasteiger partial charge in [-0.1, -0.05) is 30.3 Å². The van der Waals surface area contributed by atoms with Crippen LogP contribution in [0.3, 0.4) is 0 Å². The maximum absolute atomic E-state index is 13.0. The van der Waals surface area contributed by atoms with Gasteiger partial charge < -0.3 is 20.6 Å². The van der Waals surface area contributed by atoms with Crippen LogP contribution in [-0.4, -0.2) is 64.4 Å². The second-order valence-corrected chi connectivity index (χ2v) is 7.13. The molecule has 150 valence electrons. The Morgan fingerprint density at radius 1 is 1.32 bits per heavy atom. The van der Waals surface area contributed by atoms with Gasteiger partial charge in [0.1, 0.15) is 5.69 Å². The lowest BCUT2D eigenvalue weighted by Crippen LogP contribution is -2.61. The molecule has 3 N–H and O–H groups in total. The second kappa shape index (κ2) is 7.90. The Labute approximate surface area is 169 Å². The average molecular weight is 406 g/mol. The highest BCUT2D eigenvalue weighted by Crippen LogP contribution is 2.31. The van der Waals surface area contributed by atoms with Crippen molar-refractivity contribution in [3.8, 4) is 0 Å². The van der Waals surface area contributed by atoms with E-state index >= 15 is 0 Å². The molecule has 0 saturated carbocycles. The van der Waals surface area contributed by atoms with Gasteiger partial charge in [-0.3, -0.25) is 14.3 Å². The summed E-state index contributed by atoms with van der Waals surface area (Å²) in [5, 5.41) is 21.2. The number of likely N-dealkylation sites (N-methyl/N-ethyl adjacent to an activating group) is 1. The molecule has 0 unspecified atom stereocenters. The maximum atomic E-state index is 13.0. The summed E-state index contributed by atoms with van der Waals surface area (Å²) >= 11 is 0. The molecular weight excluding hydrogens is 382 g/mol. The molecule has 4 rings (SSSR count). The Balaban J connectivity index is 0.00000225. The molecule has 2 amide bonds. The minimum atomic E-state index is -0.894. The molecule has 0 aliphatic carbocycles. The molecule has 0 spiro atoms. The second-order valence-electron chi connectivity index (χ2n) is 7.13. The van der Waals surface area contributed by atoms with Gasteiger partial charge in [0, 0.05) is 26.2 Å². The summed E-state index contributed by atoms with van der Waals surface area (Å²) in [6.45, 7) is 2.18. The molecule has 2 aliphatic heterocycles. The highest BCUT2D eigenvalue weighted by molar-refractivity contribution is 5.98. The maximum Gasteiger partial charge on any atom is 0.272 e. The molecule has 9 heteroatoms. The minimum Gasteiger partial charge on any atom is -0.389 e. The summed E-state index contributed by atoms with van der Waals surface area (Å²) in [4.78, 5) is 26.9. The van der Waals surface area contributed by atoms with Gasteiger partial charge in [-0.25, -0.2) is 0 Å². The van der Waals surface area contributed by atoms with Crippen LogP contribution in [0.25, 0.3) is 0 Å². The number of hydrogen-bond donors (Lipinski definition) is 3. The molecule has 2 aromatic rings. The topological polar surface area (TPSA) is 99.5 Å². The predicted molar refractivity (Wildman–Crippen MR) is 106 cm³/mol. The lowest BCUT2D eigenvalue weighted by molar-refractivity contribution is 0.0287. The van der Waals surface area contributed by atoms with Gasteiger partial charge in [-0.15, -0.1) is 12.4 Å². The third-order valence-corrected chi connectivity index (χ3v) is 5.45. The first-order valence-corrected chi connectivity index (χ1v) is 9.11. The van der Waals surface area contributed by atoms with E-state index in [1.807, 2.05) is 30.3 Å². The number of aromatic nitrogens is 2. The van der Waals surface area contributed by atoms with Crippen molar-refractivity contribution in [3.63, 3.8) is 0 Å². The molecule has 1 fully saturated rings. The first-order valence-electron chi connectivity index (χ1n) is 9.11. The zero-order chi connectivity index (χ0) is 19.0. The SMILES string of the molecule is CN1CCn2nc(C(=O)N[C@]3(c4ccccc4)CCNC[C@H]3O)cc2C1=O.Cl. The van der Waals surface area contributed by atoms with Crippen LogP contribution >= 0.6 is 12.4 Å². The number of nitrogens with zero attached hydrogens (tertiary/aromatic N) is 3. The highest BCUT2D eigenvalue weighted by Gasteiger charge is 2.43. The molecule has 1 aromatic carbocycles. The van der Waals surface area contributed by atoms with Crippen molar-refractivity contribution in [1.29, 1.82) is 0 Å². The van der Waals surface area contributed by atoms with E-state index in [9.17, 15) is 14.7 Å². The molecule has 28 heavy (non-hydrogen) atoms. The molecule has 0 radical (unpaired) electrons. The number of carbonyl (C=O) groups is 2. The van der Waals surface area contributed by atoms with E-state index < -0.39 is 17.6 Å². The number of halogens is 1. The number of fused-ring (bicyclic) bond motifs is 1. The molecule has 1 saturated heterocycles. The Morgan fingerprint density at radius 2 is 2.07 bits per heavy atom. The van der Waals surface area contributed by atoms with Crippen molar-refractivity contribution in [1.82, 2.24) is 25.3 Å². The molecule has 2 atom stereocenters. The van der Waals surface area contributed by atoms with E-state index in [4.69, 9.17) is 0 Å². The van der Waals surface area contributed by atoms with E-state index in [0.717, 1.165) is 5.56 Å². The molecule has 1 aromatic heterocycles. The number of aliphatic hydroxyl groups is 1. The van der Waals surface area contributed by atoms with E-state index in [1.165, 1.54) is 6.07 Å². The van der Waals surface area contributed by atoms with E-state index in [-0.39, 0.29) is 24.0 Å². The first-order chi connectivity index (χ1) is 13.0. The number of hydrogen-bond acceptors (Lipinski definition) is 5. The standard InChI is InChI=1S/C19H23N5O3.ClH/c1-23-9-10-24-15(18(23)27)11-14(22-24)17(26)21-19(7-8-20-12-16(19)25)13-5-3-2-4-6-13;/h2-6,11,16,20,25H,7-10,12H2,1H3,(H,21,26);1H/t16-,19+;/m1./s1. The Hall–Kier alpha value is -2.42. The Bertz CT molecular complexity index is 872. The molecule has 0 bridgehead atoms. The number of nitrogens with one attached hydrogen (secondary N) is 2. The quantitative estimate of drug-likeness (QED) is 0.685. The number of amides is 2. The van der Waals surface area contributed by atoms with Crippen molar-refractivity contribution in [2.24, 2.45) is 0 Å². The number of carbonyl (C=O) groups excluding carboxylic acids is 2. The van der Waals surface area contributed by atoms with E-state index in [0.29, 0.717) is 38.3 Å².